The molecule has 0 atom stereocenters. The summed E-state index contributed by atoms with van der Waals surface area (Å²) in [6.45, 7) is 3.62. The quantitative estimate of drug-likeness (QED) is 0.603. The molecule has 0 aromatic rings. The zero-order valence-corrected chi connectivity index (χ0v) is 7.79. The van der Waals surface area contributed by atoms with Gasteiger partial charge in [0.05, 0.1) is 13.2 Å². The van der Waals surface area contributed by atoms with Crippen LogP contribution in [-0.2, 0) is 9.53 Å². The summed E-state index contributed by atoms with van der Waals surface area (Å²) in [6.07, 6.45) is 4.37. The van der Waals surface area contributed by atoms with Gasteiger partial charge >= 0.3 is 0 Å². The molecule has 1 aliphatic carbocycles. The normalized spacial score (nSPS) is 24.5. The summed E-state index contributed by atoms with van der Waals surface area (Å²) in [7, 11) is 0. The Labute approximate surface area is 78.4 Å². The number of nitrogens with zero attached hydrogens (tertiary/aromatic N) is 1. The molecule has 3 heteroatoms. The highest BCUT2D eigenvalue weighted by molar-refractivity contribution is 5.81. The molecule has 0 saturated carbocycles. The van der Waals surface area contributed by atoms with Crippen molar-refractivity contribution in [1.29, 1.82) is 0 Å². The lowest BCUT2D eigenvalue weighted by atomic mass is 10.0. The minimum Gasteiger partial charge on any atom is -0.378 e. The Kier molecular flexibility index (Phi) is 2.64. The van der Waals surface area contributed by atoms with E-state index in [4.69, 9.17) is 4.74 Å². The van der Waals surface area contributed by atoms with E-state index in [0.29, 0.717) is 12.2 Å². The van der Waals surface area contributed by atoms with Crippen LogP contribution in [0.4, 0.5) is 0 Å². The Balaban J connectivity index is 1.95. The third-order valence-corrected chi connectivity index (χ3v) is 2.64. The third kappa shape index (κ3) is 2.10. The minimum atomic E-state index is 0.372. The van der Waals surface area contributed by atoms with Crippen LogP contribution in [-0.4, -0.2) is 37.0 Å². The molecular weight excluding hydrogens is 166 g/mol. The van der Waals surface area contributed by atoms with Gasteiger partial charge in [-0.2, -0.15) is 0 Å². The van der Waals surface area contributed by atoms with Crippen molar-refractivity contribution in [2.75, 3.05) is 26.3 Å². The van der Waals surface area contributed by atoms with Crippen LogP contribution in [0.25, 0.3) is 0 Å². The van der Waals surface area contributed by atoms with Gasteiger partial charge < -0.3 is 9.64 Å². The average Bonchev–Trinajstić information content (AvgIpc) is 2.20. The Morgan fingerprint density at radius 3 is 2.62 bits per heavy atom. The smallest absolute Gasteiger partial charge is 0.137 e. The van der Waals surface area contributed by atoms with E-state index in [0.717, 1.165) is 39.1 Å². The molecule has 0 unspecified atom stereocenters. The van der Waals surface area contributed by atoms with E-state index >= 15 is 0 Å². The van der Waals surface area contributed by atoms with Crippen LogP contribution in [0.1, 0.15) is 19.3 Å². The van der Waals surface area contributed by atoms with Crippen LogP contribution in [0, 0.1) is 0 Å². The first-order valence-electron chi connectivity index (χ1n) is 4.90. The van der Waals surface area contributed by atoms with E-state index in [-0.39, 0.29) is 0 Å². The van der Waals surface area contributed by atoms with Crippen LogP contribution in [0.5, 0.6) is 0 Å². The van der Waals surface area contributed by atoms with E-state index in [1.54, 1.807) is 0 Å². The fourth-order valence-corrected chi connectivity index (χ4v) is 1.84. The van der Waals surface area contributed by atoms with Crippen LogP contribution in [0.15, 0.2) is 11.8 Å². The van der Waals surface area contributed by atoms with Crippen molar-refractivity contribution in [3.63, 3.8) is 0 Å². The topological polar surface area (TPSA) is 29.5 Å². The standard InChI is InChI=1S/C10H15NO2/c12-10-3-1-9(2-4-10)11-5-7-13-8-6-11/h1H,2-8H2. The van der Waals surface area contributed by atoms with E-state index in [9.17, 15) is 4.79 Å². The van der Waals surface area contributed by atoms with Crippen molar-refractivity contribution in [3.8, 4) is 0 Å². The molecule has 1 heterocycles. The fraction of sp³-hybridized carbons (Fsp3) is 0.700. The van der Waals surface area contributed by atoms with Gasteiger partial charge in [0.15, 0.2) is 0 Å². The van der Waals surface area contributed by atoms with Gasteiger partial charge in [0, 0.05) is 31.6 Å². The van der Waals surface area contributed by atoms with Gasteiger partial charge in [-0.15, -0.1) is 0 Å². The molecule has 2 aliphatic rings. The molecule has 72 valence electrons. The molecule has 13 heavy (non-hydrogen) atoms. The lowest BCUT2D eigenvalue weighted by molar-refractivity contribution is -0.118. The number of morpholine rings is 1. The van der Waals surface area contributed by atoms with Gasteiger partial charge in [0.1, 0.15) is 5.78 Å². The lowest BCUT2D eigenvalue weighted by Gasteiger charge is -2.32. The number of allylic oxidation sites excluding steroid dienone is 2. The predicted octanol–water partition coefficient (Wildman–Crippen LogP) is 0.956. The number of rotatable bonds is 1. The van der Waals surface area contributed by atoms with Crippen molar-refractivity contribution in [3.05, 3.63) is 11.8 Å². The molecule has 2 rings (SSSR count). The highest BCUT2D eigenvalue weighted by atomic mass is 16.5. The second-order valence-corrected chi connectivity index (χ2v) is 3.54. The summed E-state index contributed by atoms with van der Waals surface area (Å²) in [5.41, 5.74) is 1.35. The van der Waals surface area contributed by atoms with Gasteiger partial charge in [0.2, 0.25) is 0 Å². The Morgan fingerprint density at radius 2 is 2.00 bits per heavy atom. The summed E-state index contributed by atoms with van der Waals surface area (Å²) in [5, 5.41) is 0. The Hall–Kier alpha value is -0.830. The second kappa shape index (κ2) is 3.92. The molecule has 0 amide bonds. The van der Waals surface area contributed by atoms with Crippen molar-refractivity contribution >= 4 is 5.78 Å². The maximum Gasteiger partial charge on any atom is 0.137 e. The molecule has 1 aliphatic heterocycles. The number of Topliss-reactive ketones (excluding diaryl/α,β-unsaturated/α-hetero) is 1. The van der Waals surface area contributed by atoms with Crippen molar-refractivity contribution in [2.24, 2.45) is 0 Å². The maximum absolute atomic E-state index is 11.0. The summed E-state index contributed by atoms with van der Waals surface area (Å²) in [5.74, 6) is 0.372. The second-order valence-electron chi connectivity index (χ2n) is 3.54. The largest absolute Gasteiger partial charge is 0.378 e. The van der Waals surface area contributed by atoms with Crippen LogP contribution in [0.3, 0.4) is 0 Å². The zero-order chi connectivity index (χ0) is 9.10. The molecule has 0 N–H and O–H groups in total. The number of ketones is 1. The maximum atomic E-state index is 11.0. The molecule has 1 fully saturated rings. The van der Waals surface area contributed by atoms with E-state index < -0.39 is 0 Å². The number of ether oxygens (including phenoxy) is 1. The molecule has 0 spiro atoms. The fourth-order valence-electron chi connectivity index (χ4n) is 1.84. The average molecular weight is 181 g/mol. The van der Waals surface area contributed by atoms with Gasteiger partial charge in [0.25, 0.3) is 0 Å². The minimum absolute atomic E-state index is 0.372. The van der Waals surface area contributed by atoms with Gasteiger partial charge in [-0.3, -0.25) is 4.79 Å². The predicted molar refractivity (Wildman–Crippen MR) is 49.3 cm³/mol. The molecule has 0 bridgehead atoms. The van der Waals surface area contributed by atoms with Gasteiger partial charge in [-0.05, 0) is 6.42 Å². The molecule has 1 saturated heterocycles. The zero-order valence-electron chi connectivity index (χ0n) is 7.79. The first-order valence-corrected chi connectivity index (χ1v) is 4.90. The first-order chi connectivity index (χ1) is 6.36. The highest BCUT2D eigenvalue weighted by Gasteiger charge is 2.17. The van der Waals surface area contributed by atoms with E-state index in [1.807, 2.05) is 0 Å². The SMILES string of the molecule is O=C1CC=C(N2CCOCC2)CC1. The lowest BCUT2D eigenvalue weighted by Crippen LogP contribution is -2.36. The van der Waals surface area contributed by atoms with E-state index in [2.05, 4.69) is 11.0 Å². The molecule has 0 aromatic heterocycles. The Bertz CT molecular complexity index is 229. The van der Waals surface area contributed by atoms with Crippen LogP contribution >= 0.6 is 0 Å². The van der Waals surface area contributed by atoms with Crippen molar-refractivity contribution < 1.29 is 9.53 Å². The van der Waals surface area contributed by atoms with Gasteiger partial charge in [-0.1, -0.05) is 6.08 Å². The number of carbonyl (C=O) groups is 1. The third-order valence-electron chi connectivity index (χ3n) is 2.64. The van der Waals surface area contributed by atoms with Crippen molar-refractivity contribution in [2.45, 2.75) is 19.3 Å². The van der Waals surface area contributed by atoms with Crippen molar-refractivity contribution in [1.82, 2.24) is 4.90 Å². The summed E-state index contributed by atoms with van der Waals surface area (Å²) < 4.78 is 5.28. The number of carbonyl (C=O) groups excluding carboxylic acids is 1. The number of hydrogen-bond donors (Lipinski definition) is 0. The van der Waals surface area contributed by atoms with Gasteiger partial charge in [-0.25, -0.2) is 0 Å². The molecule has 0 radical (unpaired) electrons. The van der Waals surface area contributed by atoms with Crippen LogP contribution in [0.2, 0.25) is 0 Å². The molecule has 0 aromatic carbocycles. The van der Waals surface area contributed by atoms with E-state index in [1.165, 1.54) is 5.70 Å². The first kappa shape index (κ1) is 8.75. The highest BCUT2D eigenvalue weighted by Crippen LogP contribution is 2.19. The summed E-state index contributed by atoms with van der Waals surface area (Å²) >= 11 is 0. The molecular formula is C10H15NO2. The van der Waals surface area contributed by atoms with Crippen LogP contribution < -0.4 is 0 Å². The molecule has 3 nitrogen and oxygen atoms in total. The summed E-state index contributed by atoms with van der Waals surface area (Å²) in [4.78, 5) is 13.3. The number of hydrogen-bond acceptors (Lipinski definition) is 3. The summed E-state index contributed by atoms with van der Waals surface area (Å²) in [6, 6.07) is 0. The Morgan fingerprint density at radius 1 is 1.23 bits per heavy atom. The monoisotopic (exact) mass is 181 g/mol.